The van der Waals surface area contributed by atoms with Crippen molar-refractivity contribution in [3.63, 3.8) is 0 Å². The van der Waals surface area contributed by atoms with Crippen LogP contribution in [0.5, 0.6) is 0 Å². The summed E-state index contributed by atoms with van der Waals surface area (Å²) >= 11 is 0. The Hall–Kier alpha value is -3.53. The lowest BCUT2D eigenvalue weighted by atomic mass is 10.0. The van der Waals surface area contributed by atoms with Crippen molar-refractivity contribution in [1.29, 1.82) is 0 Å². The van der Waals surface area contributed by atoms with Gasteiger partial charge in [-0.25, -0.2) is 9.37 Å². The molecule has 0 bridgehead atoms. The summed E-state index contributed by atoms with van der Waals surface area (Å²) in [7, 11) is 0. The van der Waals surface area contributed by atoms with E-state index in [0.29, 0.717) is 16.8 Å². The quantitative estimate of drug-likeness (QED) is 0.519. The van der Waals surface area contributed by atoms with Crippen LogP contribution in [0.15, 0.2) is 78.9 Å². The molecule has 4 aromatic rings. The predicted octanol–water partition coefficient (Wildman–Crippen LogP) is 5.60. The Balaban J connectivity index is 1.81. The van der Waals surface area contributed by atoms with Crippen LogP contribution in [0.3, 0.4) is 0 Å². The van der Waals surface area contributed by atoms with Gasteiger partial charge in [0, 0.05) is 16.6 Å². The number of nitrogens with zero attached hydrogens (tertiary/aromatic N) is 1. The van der Waals surface area contributed by atoms with Crippen molar-refractivity contribution >= 4 is 22.5 Å². The van der Waals surface area contributed by atoms with Crippen LogP contribution in [0.1, 0.15) is 15.9 Å². The van der Waals surface area contributed by atoms with E-state index in [4.69, 9.17) is 4.98 Å². The fourth-order valence-electron chi connectivity index (χ4n) is 3.08. The van der Waals surface area contributed by atoms with Gasteiger partial charge in [-0.05, 0) is 42.8 Å². The van der Waals surface area contributed by atoms with Crippen LogP contribution in [-0.2, 0) is 0 Å². The summed E-state index contributed by atoms with van der Waals surface area (Å²) in [5.41, 5.74) is 4.21. The Bertz CT molecular complexity index is 1140. The third kappa shape index (κ3) is 3.42. The first-order valence-corrected chi connectivity index (χ1v) is 8.64. The van der Waals surface area contributed by atoms with Gasteiger partial charge >= 0.3 is 0 Å². The fourth-order valence-corrected chi connectivity index (χ4v) is 3.08. The van der Waals surface area contributed by atoms with Crippen molar-refractivity contribution in [2.75, 3.05) is 5.32 Å². The number of para-hydroxylation sites is 1. The second kappa shape index (κ2) is 7.00. The third-order valence-corrected chi connectivity index (χ3v) is 4.47. The molecule has 3 aromatic carbocycles. The molecule has 0 aliphatic rings. The molecule has 0 atom stereocenters. The van der Waals surface area contributed by atoms with Gasteiger partial charge < -0.3 is 5.32 Å². The van der Waals surface area contributed by atoms with Gasteiger partial charge in [0.1, 0.15) is 5.82 Å². The van der Waals surface area contributed by atoms with Gasteiger partial charge in [-0.15, -0.1) is 0 Å². The molecular weight excluding hydrogens is 339 g/mol. The average Bonchev–Trinajstić information content (AvgIpc) is 2.70. The zero-order valence-corrected chi connectivity index (χ0v) is 14.7. The van der Waals surface area contributed by atoms with Crippen LogP contribution in [0.25, 0.3) is 22.2 Å². The maximum absolute atomic E-state index is 13.3. The van der Waals surface area contributed by atoms with Gasteiger partial charge in [-0.3, -0.25) is 4.79 Å². The van der Waals surface area contributed by atoms with E-state index in [1.807, 2.05) is 54.6 Å². The number of aryl methyl sites for hydroxylation is 1. The summed E-state index contributed by atoms with van der Waals surface area (Å²) in [4.78, 5) is 17.7. The number of hydrogen-bond acceptors (Lipinski definition) is 2. The normalized spacial score (nSPS) is 10.7. The van der Waals surface area contributed by atoms with Crippen LogP contribution in [0.4, 0.5) is 10.1 Å². The van der Waals surface area contributed by atoms with Crippen molar-refractivity contribution < 1.29 is 9.18 Å². The van der Waals surface area contributed by atoms with E-state index >= 15 is 0 Å². The molecule has 1 N–H and O–H groups in total. The minimum atomic E-state index is -0.328. The summed E-state index contributed by atoms with van der Waals surface area (Å²) in [6.45, 7) is 1.76. The largest absolute Gasteiger partial charge is 0.322 e. The fraction of sp³-hybridized carbons (Fsp3) is 0.0435. The number of pyridine rings is 1. The predicted molar refractivity (Wildman–Crippen MR) is 106 cm³/mol. The van der Waals surface area contributed by atoms with E-state index in [0.717, 1.165) is 22.2 Å². The van der Waals surface area contributed by atoms with Crippen molar-refractivity contribution in [2.45, 2.75) is 6.92 Å². The second-order valence-electron chi connectivity index (χ2n) is 6.35. The van der Waals surface area contributed by atoms with E-state index in [2.05, 4.69) is 5.32 Å². The van der Waals surface area contributed by atoms with E-state index in [9.17, 15) is 9.18 Å². The van der Waals surface area contributed by atoms with Gasteiger partial charge in [0.05, 0.1) is 16.8 Å². The number of aromatic nitrogens is 1. The average molecular weight is 356 g/mol. The third-order valence-electron chi connectivity index (χ3n) is 4.47. The number of benzene rings is 3. The van der Waals surface area contributed by atoms with Crippen molar-refractivity contribution in [2.24, 2.45) is 0 Å². The van der Waals surface area contributed by atoms with E-state index < -0.39 is 0 Å². The molecule has 3 nitrogen and oxygen atoms in total. The highest BCUT2D eigenvalue weighted by molar-refractivity contribution is 6.13. The summed E-state index contributed by atoms with van der Waals surface area (Å²) < 4.78 is 13.3. The highest BCUT2D eigenvalue weighted by Crippen LogP contribution is 2.26. The summed E-state index contributed by atoms with van der Waals surface area (Å²) in [6, 6.07) is 23.4. The maximum atomic E-state index is 13.3. The number of carbonyl (C=O) groups excluding carboxylic acids is 1. The number of fused-ring (bicyclic) bond motifs is 1. The van der Waals surface area contributed by atoms with Crippen molar-refractivity contribution in [3.8, 4) is 11.3 Å². The number of halogens is 1. The second-order valence-corrected chi connectivity index (χ2v) is 6.35. The lowest BCUT2D eigenvalue weighted by molar-refractivity contribution is 0.102. The van der Waals surface area contributed by atoms with Gasteiger partial charge in [0.25, 0.3) is 5.91 Å². The first-order chi connectivity index (χ1) is 13.1. The Kier molecular flexibility index (Phi) is 4.38. The molecule has 0 aliphatic heterocycles. The van der Waals surface area contributed by atoms with E-state index in [-0.39, 0.29) is 11.7 Å². The molecule has 1 heterocycles. The SMILES string of the molecule is Cc1cc(F)ccc1NC(=O)c1cc(-c2ccccc2)nc2ccccc12. The minimum Gasteiger partial charge on any atom is -0.322 e. The topological polar surface area (TPSA) is 42.0 Å². The molecule has 0 unspecified atom stereocenters. The van der Waals surface area contributed by atoms with Crippen molar-refractivity contribution in [3.05, 3.63) is 95.8 Å². The molecule has 0 saturated carbocycles. The van der Waals surface area contributed by atoms with Crippen LogP contribution in [0, 0.1) is 12.7 Å². The molecule has 0 fully saturated rings. The molecule has 4 rings (SSSR count). The number of nitrogens with one attached hydrogen (secondary N) is 1. The van der Waals surface area contributed by atoms with Crippen LogP contribution >= 0.6 is 0 Å². The lowest BCUT2D eigenvalue weighted by Crippen LogP contribution is -2.14. The Morgan fingerprint density at radius 2 is 1.67 bits per heavy atom. The van der Waals surface area contributed by atoms with E-state index in [1.165, 1.54) is 12.1 Å². The first kappa shape index (κ1) is 16.9. The maximum Gasteiger partial charge on any atom is 0.256 e. The Morgan fingerprint density at radius 1 is 0.926 bits per heavy atom. The monoisotopic (exact) mass is 356 g/mol. The lowest BCUT2D eigenvalue weighted by Gasteiger charge is -2.12. The molecule has 27 heavy (non-hydrogen) atoms. The van der Waals surface area contributed by atoms with Gasteiger partial charge in [0.15, 0.2) is 0 Å². The Labute approximate surface area is 156 Å². The highest BCUT2D eigenvalue weighted by Gasteiger charge is 2.15. The first-order valence-electron chi connectivity index (χ1n) is 8.64. The minimum absolute atomic E-state index is 0.250. The molecule has 1 amide bonds. The van der Waals surface area contributed by atoms with Gasteiger partial charge in [-0.2, -0.15) is 0 Å². The molecule has 0 spiro atoms. The van der Waals surface area contributed by atoms with Gasteiger partial charge in [-0.1, -0.05) is 48.5 Å². The van der Waals surface area contributed by atoms with Crippen LogP contribution in [-0.4, -0.2) is 10.9 Å². The number of carbonyl (C=O) groups is 1. The molecule has 0 saturated heterocycles. The Morgan fingerprint density at radius 3 is 2.44 bits per heavy atom. The number of anilines is 1. The van der Waals surface area contributed by atoms with Crippen LogP contribution < -0.4 is 5.32 Å². The van der Waals surface area contributed by atoms with Gasteiger partial charge in [0.2, 0.25) is 0 Å². The molecule has 0 aliphatic carbocycles. The summed E-state index contributed by atoms with van der Waals surface area (Å²) in [6.07, 6.45) is 0. The summed E-state index contributed by atoms with van der Waals surface area (Å²) in [5.74, 6) is -0.577. The number of rotatable bonds is 3. The standard InChI is InChI=1S/C23H17FN2O/c1-15-13-17(24)11-12-20(15)26-23(27)19-14-22(16-7-3-2-4-8-16)25-21-10-6-5-9-18(19)21/h2-14H,1H3,(H,26,27). The number of hydrogen-bond donors (Lipinski definition) is 1. The van der Waals surface area contributed by atoms with E-state index in [1.54, 1.807) is 19.1 Å². The molecular formula is C23H17FN2O. The molecule has 4 heteroatoms. The molecule has 132 valence electrons. The van der Waals surface area contributed by atoms with Crippen LogP contribution in [0.2, 0.25) is 0 Å². The zero-order valence-electron chi connectivity index (χ0n) is 14.7. The zero-order chi connectivity index (χ0) is 18.8. The number of amides is 1. The summed E-state index contributed by atoms with van der Waals surface area (Å²) in [5, 5.41) is 3.66. The molecule has 0 radical (unpaired) electrons. The van der Waals surface area contributed by atoms with Crippen molar-refractivity contribution in [1.82, 2.24) is 4.98 Å². The highest BCUT2D eigenvalue weighted by atomic mass is 19.1. The smallest absolute Gasteiger partial charge is 0.256 e. The molecule has 1 aromatic heterocycles.